The number of carbonyl (C=O) groups excluding carboxylic acids is 2. The molecule has 2 aromatic rings. The zero-order valence-electron chi connectivity index (χ0n) is 16.3. The maximum absolute atomic E-state index is 12.7. The van der Waals surface area contributed by atoms with Crippen molar-refractivity contribution in [2.75, 3.05) is 6.54 Å². The van der Waals surface area contributed by atoms with Crippen molar-refractivity contribution in [2.45, 2.75) is 59.4 Å². The Kier molecular flexibility index (Phi) is 7.09. The van der Waals surface area contributed by atoms with Crippen LogP contribution in [0.3, 0.4) is 0 Å². The summed E-state index contributed by atoms with van der Waals surface area (Å²) in [6.45, 7) is 10.6. The van der Waals surface area contributed by atoms with Crippen LogP contribution in [0.5, 0.6) is 0 Å². The lowest BCUT2D eigenvalue weighted by Crippen LogP contribution is -2.28. The van der Waals surface area contributed by atoms with Crippen molar-refractivity contribution in [1.29, 1.82) is 0 Å². The number of amides is 1. The Hall–Kier alpha value is -2.01. The van der Waals surface area contributed by atoms with Crippen LogP contribution in [0.1, 0.15) is 86.0 Å². The summed E-state index contributed by atoms with van der Waals surface area (Å²) in [5, 5.41) is 2.68. The Morgan fingerprint density at radius 3 is 2.65 bits per heavy atom. The molecule has 26 heavy (non-hydrogen) atoms. The third kappa shape index (κ3) is 4.39. The van der Waals surface area contributed by atoms with E-state index in [1.807, 2.05) is 48.4 Å². The van der Waals surface area contributed by atoms with E-state index in [-0.39, 0.29) is 17.7 Å². The van der Waals surface area contributed by atoms with E-state index in [4.69, 9.17) is 0 Å². The zero-order chi connectivity index (χ0) is 19.3. The summed E-state index contributed by atoms with van der Waals surface area (Å²) in [5.41, 5.74) is 2.30. The molecule has 0 unspecified atom stereocenters. The van der Waals surface area contributed by atoms with Crippen molar-refractivity contribution in [2.24, 2.45) is 0 Å². The van der Waals surface area contributed by atoms with Gasteiger partial charge in [0.2, 0.25) is 11.7 Å². The number of carbonyl (C=O) groups is 2. The van der Waals surface area contributed by atoms with Gasteiger partial charge in [0.25, 0.3) is 0 Å². The Bertz CT molecular complexity index is 767. The Balaban J connectivity index is 0.00000117. The van der Waals surface area contributed by atoms with E-state index in [0.29, 0.717) is 17.2 Å². The van der Waals surface area contributed by atoms with Gasteiger partial charge in [-0.1, -0.05) is 45.9 Å². The molecular weight excluding hydrogens is 344 g/mol. The standard InChI is InChI=1S/C19H22N2O2S.C2H6/c1-12(2)14-6-4-7-15(10-14)18(23)16-11-24-19(20-16)17-8-5-9-21(17)13(3)22;1-2/h4,6-7,10-12,17H,5,8-9H2,1-3H3;1-2H3/t17-;/m0./s1. The molecular formula is C21H28N2O2S. The summed E-state index contributed by atoms with van der Waals surface area (Å²) in [6.07, 6.45) is 1.91. The van der Waals surface area contributed by atoms with Crippen LogP contribution < -0.4 is 0 Å². The minimum atomic E-state index is -0.0487. The van der Waals surface area contributed by atoms with E-state index < -0.39 is 0 Å². The van der Waals surface area contributed by atoms with Crippen molar-refractivity contribution in [1.82, 2.24) is 9.88 Å². The van der Waals surface area contributed by atoms with Gasteiger partial charge in [-0.2, -0.15) is 0 Å². The highest BCUT2D eigenvalue weighted by molar-refractivity contribution is 7.10. The average Bonchev–Trinajstić information content (AvgIpc) is 3.32. The Labute approximate surface area is 160 Å². The van der Waals surface area contributed by atoms with Gasteiger partial charge in [0, 0.05) is 24.4 Å². The number of thiazole rings is 1. The molecule has 1 aromatic carbocycles. The molecule has 1 aliphatic rings. The first-order valence-corrected chi connectivity index (χ1v) is 10.2. The van der Waals surface area contributed by atoms with Gasteiger partial charge in [0.05, 0.1) is 6.04 Å². The van der Waals surface area contributed by atoms with Gasteiger partial charge in [0.1, 0.15) is 10.7 Å². The molecule has 0 radical (unpaired) electrons. The molecule has 0 N–H and O–H groups in total. The fourth-order valence-electron chi connectivity index (χ4n) is 3.13. The first-order valence-electron chi connectivity index (χ1n) is 9.34. The van der Waals surface area contributed by atoms with E-state index in [1.54, 1.807) is 6.92 Å². The number of benzene rings is 1. The second kappa shape index (κ2) is 9.08. The second-order valence-electron chi connectivity index (χ2n) is 6.55. The number of hydrogen-bond acceptors (Lipinski definition) is 4. The molecule has 1 aromatic heterocycles. The Morgan fingerprint density at radius 2 is 2.00 bits per heavy atom. The minimum Gasteiger partial charge on any atom is -0.333 e. The predicted octanol–water partition coefficient (Wildman–Crippen LogP) is 5.21. The van der Waals surface area contributed by atoms with Gasteiger partial charge >= 0.3 is 0 Å². The Morgan fingerprint density at radius 1 is 1.27 bits per heavy atom. The zero-order valence-corrected chi connectivity index (χ0v) is 17.1. The monoisotopic (exact) mass is 372 g/mol. The van der Waals surface area contributed by atoms with Gasteiger partial charge in [-0.25, -0.2) is 4.98 Å². The van der Waals surface area contributed by atoms with Gasteiger partial charge in [-0.05, 0) is 30.4 Å². The van der Waals surface area contributed by atoms with Crippen LogP contribution in [0.4, 0.5) is 0 Å². The van der Waals surface area contributed by atoms with E-state index in [0.717, 1.165) is 30.0 Å². The summed E-state index contributed by atoms with van der Waals surface area (Å²) in [5.74, 6) is 0.406. The molecule has 2 heterocycles. The number of rotatable bonds is 4. The topological polar surface area (TPSA) is 50.3 Å². The van der Waals surface area contributed by atoms with Crippen LogP contribution in [-0.4, -0.2) is 28.1 Å². The third-order valence-electron chi connectivity index (χ3n) is 4.51. The van der Waals surface area contributed by atoms with Crippen LogP contribution >= 0.6 is 11.3 Å². The van der Waals surface area contributed by atoms with E-state index in [1.165, 1.54) is 11.3 Å². The van der Waals surface area contributed by atoms with E-state index >= 15 is 0 Å². The number of ketones is 1. The maximum atomic E-state index is 12.7. The smallest absolute Gasteiger partial charge is 0.220 e. The number of aromatic nitrogens is 1. The first-order chi connectivity index (χ1) is 12.5. The van der Waals surface area contributed by atoms with Gasteiger partial charge in [0.15, 0.2) is 0 Å². The molecule has 4 nitrogen and oxygen atoms in total. The molecule has 0 spiro atoms. The fourth-order valence-corrected chi connectivity index (χ4v) is 4.08. The van der Waals surface area contributed by atoms with E-state index in [9.17, 15) is 9.59 Å². The molecule has 0 bridgehead atoms. The molecule has 1 aliphatic heterocycles. The van der Waals surface area contributed by atoms with Crippen molar-refractivity contribution < 1.29 is 9.59 Å². The lowest BCUT2D eigenvalue weighted by atomic mass is 9.99. The number of nitrogens with zero attached hydrogens (tertiary/aromatic N) is 2. The van der Waals surface area contributed by atoms with Crippen molar-refractivity contribution in [3.05, 3.63) is 51.5 Å². The van der Waals surface area contributed by atoms with Gasteiger partial charge in [-0.15, -0.1) is 11.3 Å². The van der Waals surface area contributed by atoms with Crippen LogP contribution in [-0.2, 0) is 4.79 Å². The molecule has 0 saturated carbocycles. The molecule has 3 rings (SSSR count). The van der Waals surface area contributed by atoms with Crippen LogP contribution in [0.25, 0.3) is 0 Å². The summed E-state index contributed by atoms with van der Waals surface area (Å²) in [7, 11) is 0. The number of hydrogen-bond donors (Lipinski definition) is 0. The predicted molar refractivity (Wildman–Crippen MR) is 107 cm³/mol. The fraction of sp³-hybridized carbons (Fsp3) is 0.476. The lowest BCUT2D eigenvalue weighted by molar-refractivity contribution is -0.129. The molecule has 140 valence electrons. The molecule has 1 atom stereocenters. The lowest BCUT2D eigenvalue weighted by Gasteiger charge is -2.21. The van der Waals surface area contributed by atoms with E-state index in [2.05, 4.69) is 18.8 Å². The summed E-state index contributed by atoms with van der Waals surface area (Å²) < 4.78 is 0. The van der Waals surface area contributed by atoms with Crippen LogP contribution in [0.15, 0.2) is 29.6 Å². The largest absolute Gasteiger partial charge is 0.333 e. The third-order valence-corrected chi connectivity index (χ3v) is 5.46. The second-order valence-corrected chi connectivity index (χ2v) is 7.44. The van der Waals surface area contributed by atoms with Crippen LogP contribution in [0, 0.1) is 0 Å². The van der Waals surface area contributed by atoms with Crippen molar-refractivity contribution >= 4 is 23.0 Å². The SMILES string of the molecule is CC.CC(=O)N1CCC[C@H]1c1nc(C(=O)c2cccc(C(C)C)c2)cs1. The molecule has 1 fully saturated rings. The van der Waals surface area contributed by atoms with Gasteiger partial charge in [-0.3, -0.25) is 9.59 Å². The van der Waals surface area contributed by atoms with Crippen LogP contribution in [0.2, 0.25) is 0 Å². The summed E-state index contributed by atoms with van der Waals surface area (Å²) in [4.78, 5) is 30.9. The quantitative estimate of drug-likeness (QED) is 0.693. The van der Waals surface area contributed by atoms with Crippen molar-refractivity contribution in [3.8, 4) is 0 Å². The normalized spacial score (nSPS) is 16.4. The highest BCUT2D eigenvalue weighted by atomic mass is 32.1. The molecule has 5 heteroatoms. The molecule has 0 aliphatic carbocycles. The highest BCUT2D eigenvalue weighted by Crippen LogP contribution is 2.34. The minimum absolute atomic E-state index is 0.0241. The first kappa shape index (κ1) is 20.3. The van der Waals surface area contributed by atoms with Crippen molar-refractivity contribution in [3.63, 3.8) is 0 Å². The number of likely N-dealkylation sites (tertiary alicyclic amines) is 1. The maximum Gasteiger partial charge on any atom is 0.220 e. The molecule has 1 amide bonds. The average molecular weight is 373 g/mol. The summed E-state index contributed by atoms with van der Waals surface area (Å²) in [6, 6.07) is 7.77. The highest BCUT2D eigenvalue weighted by Gasteiger charge is 2.30. The molecule has 1 saturated heterocycles. The summed E-state index contributed by atoms with van der Waals surface area (Å²) >= 11 is 1.48. The van der Waals surface area contributed by atoms with Gasteiger partial charge < -0.3 is 4.90 Å².